The summed E-state index contributed by atoms with van der Waals surface area (Å²) >= 11 is 3.45. The molecule has 4 N–H and O–H groups in total. The summed E-state index contributed by atoms with van der Waals surface area (Å²) in [7, 11) is 0. The topological polar surface area (TPSA) is 80.0 Å². The second-order valence-corrected chi connectivity index (χ2v) is 7.82. The number of anilines is 3. The summed E-state index contributed by atoms with van der Waals surface area (Å²) in [5.74, 6) is 0.00355. The van der Waals surface area contributed by atoms with Crippen LogP contribution in [0.1, 0.15) is 30.4 Å². The summed E-state index contributed by atoms with van der Waals surface area (Å²) in [5, 5.41) is 6.70. The van der Waals surface area contributed by atoms with Crippen molar-refractivity contribution in [3.63, 3.8) is 0 Å². The van der Waals surface area contributed by atoms with Crippen molar-refractivity contribution in [2.24, 2.45) is 0 Å². The molecule has 0 atom stereocenters. The highest BCUT2D eigenvalue weighted by Crippen LogP contribution is 2.28. The quantitative estimate of drug-likeness (QED) is 0.666. The van der Waals surface area contributed by atoms with E-state index in [-0.39, 0.29) is 17.3 Å². The van der Waals surface area contributed by atoms with Gasteiger partial charge in [-0.15, -0.1) is 0 Å². The Morgan fingerprint density at radius 3 is 2.71 bits per heavy atom. The molecule has 1 amide bonds. The summed E-state index contributed by atoms with van der Waals surface area (Å²) in [4.78, 5) is 16.9. The number of nitrogen functional groups attached to an aromatic ring is 1. The molecule has 0 saturated carbocycles. The molecule has 2 rings (SSSR count). The van der Waals surface area contributed by atoms with Crippen molar-refractivity contribution in [1.29, 1.82) is 0 Å². The van der Waals surface area contributed by atoms with Gasteiger partial charge in [0.25, 0.3) is 5.91 Å². The van der Waals surface area contributed by atoms with Crippen molar-refractivity contribution < 1.29 is 4.79 Å². The smallest absolute Gasteiger partial charge is 0.269 e. The lowest BCUT2D eigenvalue weighted by Crippen LogP contribution is -2.25. The maximum absolute atomic E-state index is 12.3. The fraction of sp³-hybridized carbons (Fsp3) is 0.286. The third-order valence-electron chi connectivity index (χ3n) is 2.42. The van der Waals surface area contributed by atoms with Gasteiger partial charge in [-0.2, -0.15) is 0 Å². The van der Waals surface area contributed by atoms with Crippen LogP contribution in [0.4, 0.5) is 16.6 Å². The molecule has 112 valence electrons. The van der Waals surface area contributed by atoms with Crippen LogP contribution < -0.4 is 16.4 Å². The lowest BCUT2D eigenvalue weighted by molar-refractivity contribution is 0.103. The normalized spacial score (nSPS) is 11.2. The average molecular weight is 416 g/mol. The van der Waals surface area contributed by atoms with E-state index in [1.807, 2.05) is 45.0 Å². The summed E-state index contributed by atoms with van der Waals surface area (Å²) in [6.07, 6.45) is 0. The van der Waals surface area contributed by atoms with Gasteiger partial charge in [0, 0.05) is 14.8 Å². The van der Waals surface area contributed by atoms with Crippen LogP contribution in [0.25, 0.3) is 0 Å². The number of benzene rings is 1. The lowest BCUT2D eigenvalue weighted by atomic mass is 10.1. The van der Waals surface area contributed by atoms with E-state index in [1.165, 1.54) is 11.3 Å². The summed E-state index contributed by atoms with van der Waals surface area (Å²) < 4.78 is 1.05. The number of rotatable bonds is 3. The number of halogens is 1. The monoisotopic (exact) mass is 416 g/mol. The maximum atomic E-state index is 12.3. The Morgan fingerprint density at radius 2 is 2.10 bits per heavy atom. The minimum absolute atomic E-state index is 0.131. The van der Waals surface area contributed by atoms with Crippen LogP contribution in [0.5, 0.6) is 0 Å². The first-order valence-corrected chi connectivity index (χ1v) is 8.25. The van der Waals surface area contributed by atoms with E-state index in [0.717, 1.165) is 9.26 Å². The van der Waals surface area contributed by atoms with E-state index in [1.54, 1.807) is 0 Å². The Kier molecular flexibility index (Phi) is 4.72. The molecule has 0 saturated heterocycles. The SMILES string of the molecule is CC(C)(C)Nc1nc(N)c(C(=O)Nc2cccc(I)c2)s1. The third-order valence-corrected chi connectivity index (χ3v) is 4.08. The number of aromatic nitrogens is 1. The van der Waals surface area contributed by atoms with Crippen molar-refractivity contribution in [1.82, 2.24) is 4.98 Å². The molecule has 0 aliphatic carbocycles. The molecule has 1 aromatic carbocycles. The van der Waals surface area contributed by atoms with E-state index >= 15 is 0 Å². The third kappa shape index (κ3) is 4.57. The van der Waals surface area contributed by atoms with Gasteiger partial charge in [-0.1, -0.05) is 17.4 Å². The molecule has 21 heavy (non-hydrogen) atoms. The van der Waals surface area contributed by atoms with E-state index in [2.05, 4.69) is 38.2 Å². The second kappa shape index (κ2) is 6.18. The Balaban J connectivity index is 2.16. The molecule has 2 aromatic rings. The molecule has 1 aromatic heterocycles. The zero-order valence-corrected chi connectivity index (χ0v) is 15.0. The highest BCUT2D eigenvalue weighted by atomic mass is 127. The van der Waals surface area contributed by atoms with Crippen LogP contribution in [0.15, 0.2) is 24.3 Å². The van der Waals surface area contributed by atoms with Gasteiger partial charge >= 0.3 is 0 Å². The van der Waals surface area contributed by atoms with Crippen molar-refractivity contribution >= 4 is 56.5 Å². The second-order valence-electron chi connectivity index (χ2n) is 5.57. The molecule has 7 heteroatoms. The van der Waals surface area contributed by atoms with Crippen molar-refractivity contribution in [3.05, 3.63) is 32.7 Å². The molecular formula is C14H17IN4OS. The number of hydrogen-bond acceptors (Lipinski definition) is 5. The van der Waals surface area contributed by atoms with E-state index in [0.29, 0.717) is 10.0 Å². The van der Waals surface area contributed by atoms with Crippen LogP contribution >= 0.6 is 33.9 Å². The van der Waals surface area contributed by atoms with Crippen molar-refractivity contribution in [3.8, 4) is 0 Å². The number of carbonyl (C=O) groups excluding carboxylic acids is 1. The summed E-state index contributed by atoms with van der Waals surface area (Å²) in [6.45, 7) is 6.07. The number of nitrogens with two attached hydrogens (primary N) is 1. The van der Waals surface area contributed by atoms with Crippen LogP contribution in [-0.2, 0) is 0 Å². The highest BCUT2D eigenvalue weighted by Gasteiger charge is 2.19. The number of nitrogens with zero attached hydrogens (tertiary/aromatic N) is 1. The molecule has 5 nitrogen and oxygen atoms in total. The van der Waals surface area contributed by atoms with E-state index < -0.39 is 0 Å². The first kappa shape index (κ1) is 16.0. The van der Waals surface area contributed by atoms with Crippen LogP contribution in [0.3, 0.4) is 0 Å². The van der Waals surface area contributed by atoms with Crippen molar-refractivity contribution in [2.75, 3.05) is 16.4 Å². The minimum atomic E-state index is -0.242. The van der Waals surface area contributed by atoms with Crippen LogP contribution in [-0.4, -0.2) is 16.4 Å². The average Bonchev–Trinajstić information content (AvgIpc) is 2.67. The molecular weight excluding hydrogens is 399 g/mol. The fourth-order valence-corrected chi connectivity index (χ4v) is 3.15. The van der Waals surface area contributed by atoms with Gasteiger partial charge in [0.2, 0.25) is 0 Å². The van der Waals surface area contributed by atoms with Gasteiger partial charge in [0.1, 0.15) is 10.7 Å². The molecule has 0 radical (unpaired) electrons. The first-order chi connectivity index (χ1) is 9.74. The fourth-order valence-electron chi connectivity index (χ4n) is 1.62. The molecule has 1 heterocycles. The Labute approximate surface area is 141 Å². The predicted octanol–water partition coefficient (Wildman–Crippen LogP) is 3.79. The van der Waals surface area contributed by atoms with Gasteiger partial charge in [-0.3, -0.25) is 4.79 Å². The molecule has 0 fully saturated rings. The molecule has 0 unspecified atom stereocenters. The Morgan fingerprint density at radius 1 is 1.38 bits per heavy atom. The molecule has 0 bridgehead atoms. The number of nitrogens with one attached hydrogen (secondary N) is 2. The molecule has 0 spiro atoms. The first-order valence-electron chi connectivity index (χ1n) is 6.36. The standard InChI is InChI=1S/C14H17IN4OS/c1-14(2,3)19-13-18-11(16)10(21-13)12(20)17-9-6-4-5-8(15)7-9/h4-7H,16H2,1-3H3,(H,17,20)(H,18,19). The minimum Gasteiger partial charge on any atom is -0.382 e. The van der Waals surface area contributed by atoms with Gasteiger partial charge in [-0.05, 0) is 61.6 Å². The Bertz CT molecular complexity index is 663. The molecule has 0 aliphatic heterocycles. The van der Waals surface area contributed by atoms with Gasteiger partial charge < -0.3 is 16.4 Å². The maximum Gasteiger partial charge on any atom is 0.269 e. The zero-order valence-electron chi connectivity index (χ0n) is 12.0. The van der Waals surface area contributed by atoms with E-state index in [9.17, 15) is 4.79 Å². The van der Waals surface area contributed by atoms with Crippen molar-refractivity contribution in [2.45, 2.75) is 26.3 Å². The van der Waals surface area contributed by atoms with Gasteiger partial charge in [-0.25, -0.2) is 4.98 Å². The highest BCUT2D eigenvalue weighted by molar-refractivity contribution is 14.1. The Hall–Kier alpha value is -1.35. The number of amides is 1. The van der Waals surface area contributed by atoms with Crippen LogP contribution in [0.2, 0.25) is 0 Å². The van der Waals surface area contributed by atoms with Gasteiger partial charge in [0.05, 0.1) is 0 Å². The number of carbonyl (C=O) groups is 1. The van der Waals surface area contributed by atoms with E-state index in [4.69, 9.17) is 5.73 Å². The number of thiazole rings is 1. The lowest BCUT2D eigenvalue weighted by Gasteiger charge is -2.19. The number of hydrogen-bond donors (Lipinski definition) is 3. The summed E-state index contributed by atoms with van der Waals surface area (Å²) in [6, 6.07) is 7.58. The zero-order chi connectivity index (χ0) is 15.6. The van der Waals surface area contributed by atoms with Crippen LogP contribution in [0, 0.1) is 3.57 Å². The largest absolute Gasteiger partial charge is 0.382 e. The summed E-state index contributed by atoms with van der Waals surface area (Å²) in [5.41, 5.74) is 6.45. The predicted molar refractivity (Wildman–Crippen MR) is 97.0 cm³/mol. The molecule has 0 aliphatic rings. The van der Waals surface area contributed by atoms with Gasteiger partial charge in [0.15, 0.2) is 5.13 Å².